The Morgan fingerprint density at radius 1 is 1.25 bits per heavy atom. The van der Waals surface area contributed by atoms with Gasteiger partial charge in [0.25, 0.3) is 5.91 Å². The topological polar surface area (TPSA) is 69.0 Å². The highest BCUT2D eigenvalue weighted by Crippen LogP contribution is 2.18. The Balaban J connectivity index is 1.61. The summed E-state index contributed by atoms with van der Waals surface area (Å²) in [5.74, 6) is -0.284. The number of carbonyl (C=O) groups is 1. The van der Waals surface area contributed by atoms with Crippen LogP contribution in [0.15, 0.2) is 42.5 Å². The third-order valence-corrected chi connectivity index (χ3v) is 3.89. The third-order valence-electron chi connectivity index (χ3n) is 3.42. The maximum atomic E-state index is 12.1. The summed E-state index contributed by atoms with van der Waals surface area (Å²) < 4.78 is 0. The maximum Gasteiger partial charge on any atom is 0.261 e. The van der Waals surface area contributed by atoms with Crippen LogP contribution in [0.5, 0.6) is 0 Å². The van der Waals surface area contributed by atoms with Gasteiger partial charge >= 0.3 is 0 Å². The molecule has 24 heavy (non-hydrogen) atoms. The molecule has 0 radical (unpaired) electrons. The summed E-state index contributed by atoms with van der Waals surface area (Å²) in [6.45, 7) is 1.67. The van der Waals surface area contributed by atoms with Crippen LogP contribution in [0.1, 0.15) is 18.5 Å². The van der Waals surface area contributed by atoms with Gasteiger partial charge in [0.2, 0.25) is 0 Å². The first-order valence-electron chi connectivity index (χ1n) is 7.22. The molecule has 0 saturated heterocycles. The van der Waals surface area contributed by atoms with Crippen molar-refractivity contribution in [2.75, 3.05) is 6.61 Å². The molecular formula is C16H14Cl2N4O2. The Labute approximate surface area is 148 Å². The van der Waals surface area contributed by atoms with Crippen molar-refractivity contribution in [1.29, 1.82) is 0 Å². The van der Waals surface area contributed by atoms with E-state index in [1.165, 1.54) is 4.85 Å². The number of halogens is 2. The van der Waals surface area contributed by atoms with Crippen LogP contribution in [0.2, 0.25) is 10.0 Å². The highest BCUT2D eigenvalue weighted by molar-refractivity contribution is 6.31. The molecule has 1 aromatic heterocycles. The van der Waals surface area contributed by atoms with E-state index in [1.807, 2.05) is 19.1 Å². The van der Waals surface area contributed by atoms with Crippen LogP contribution in [-0.2, 0) is 4.79 Å². The molecule has 0 aliphatic rings. The van der Waals surface area contributed by atoms with Crippen molar-refractivity contribution < 1.29 is 9.63 Å². The van der Waals surface area contributed by atoms with Crippen LogP contribution in [0.4, 0.5) is 0 Å². The highest BCUT2D eigenvalue weighted by Gasteiger charge is 2.12. The van der Waals surface area contributed by atoms with Crippen molar-refractivity contribution in [3.63, 3.8) is 0 Å². The zero-order chi connectivity index (χ0) is 17.1. The maximum absolute atomic E-state index is 12.1. The van der Waals surface area contributed by atoms with Gasteiger partial charge in [-0.15, -0.1) is 5.10 Å². The summed E-state index contributed by atoms with van der Waals surface area (Å²) in [6.07, 6.45) is 0. The SMILES string of the molecule is CC(NC(=O)COn1nnc2ccc(Cl)cc21)c1cccc(Cl)c1. The van der Waals surface area contributed by atoms with Crippen LogP contribution in [0.25, 0.3) is 11.0 Å². The number of benzene rings is 2. The summed E-state index contributed by atoms with van der Waals surface area (Å²) in [5, 5.41) is 11.8. The Kier molecular flexibility index (Phi) is 4.87. The average Bonchev–Trinajstić information content (AvgIpc) is 2.95. The zero-order valence-electron chi connectivity index (χ0n) is 12.7. The molecule has 1 amide bonds. The molecule has 0 aliphatic carbocycles. The first-order chi connectivity index (χ1) is 11.5. The molecule has 124 valence electrons. The Morgan fingerprint density at radius 2 is 2.04 bits per heavy atom. The predicted octanol–water partition coefficient (Wildman–Crippen LogP) is 3.04. The van der Waals surface area contributed by atoms with E-state index in [9.17, 15) is 4.79 Å². The smallest absolute Gasteiger partial charge is 0.261 e. The van der Waals surface area contributed by atoms with E-state index in [4.69, 9.17) is 28.0 Å². The first-order valence-corrected chi connectivity index (χ1v) is 7.97. The molecule has 3 rings (SSSR count). The van der Waals surface area contributed by atoms with E-state index in [0.717, 1.165) is 5.56 Å². The van der Waals surface area contributed by atoms with Crippen LogP contribution >= 0.6 is 23.2 Å². The minimum atomic E-state index is -0.284. The summed E-state index contributed by atoms with van der Waals surface area (Å²) in [5.41, 5.74) is 2.14. The molecule has 0 saturated carbocycles. The quantitative estimate of drug-likeness (QED) is 0.755. The lowest BCUT2D eigenvalue weighted by molar-refractivity contribution is -0.127. The summed E-state index contributed by atoms with van der Waals surface area (Å²) >= 11 is 11.9. The van der Waals surface area contributed by atoms with Crippen LogP contribution < -0.4 is 10.2 Å². The van der Waals surface area contributed by atoms with Crippen molar-refractivity contribution in [2.24, 2.45) is 0 Å². The fraction of sp³-hybridized carbons (Fsp3) is 0.188. The van der Waals surface area contributed by atoms with E-state index in [0.29, 0.717) is 21.1 Å². The highest BCUT2D eigenvalue weighted by atomic mass is 35.5. The van der Waals surface area contributed by atoms with E-state index in [1.54, 1.807) is 30.3 Å². The number of hydrogen-bond donors (Lipinski definition) is 1. The van der Waals surface area contributed by atoms with Crippen molar-refractivity contribution >= 4 is 40.1 Å². The minimum Gasteiger partial charge on any atom is -0.385 e. The molecule has 1 heterocycles. The van der Waals surface area contributed by atoms with Gasteiger partial charge in [-0.05, 0) is 48.0 Å². The van der Waals surface area contributed by atoms with Gasteiger partial charge in [-0.3, -0.25) is 4.79 Å². The Bertz CT molecular complexity index is 881. The second-order valence-corrected chi connectivity index (χ2v) is 6.09. The molecule has 1 unspecified atom stereocenters. The van der Waals surface area contributed by atoms with Crippen LogP contribution in [-0.4, -0.2) is 27.7 Å². The van der Waals surface area contributed by atoms with Crippen molar-refractivity contribution in [2.45, 2.75) is 13.0 Å². The molecule has 6 nitrogen and oxygen atoms in total. The van der Waals surface area contributed by atoms with Gasteiger partial charge in [-0.1, -0.05) is 40.2 Å². The lowest BCUT2D eigenvalue weighted by Gasteiger charge is -2.14. The van der Waals surface area contributed by atoms with Gasteiger partial charge < -0.3 is 10.2 Å². The summed E-state index contributed by atoms with van der Waals surface area (Å²) in [4.78, 5) is 18.6. The van der Waals surface area contributed by atoms with E-state index < -0.39 is 0 Å². The van der Waals surface area contributed by atoms with Crippen molar-refractivity contribution in [1.82, 2.24) is 20.5 Å². The first kappa shape index (κ1) is 16.5. The largest absolute Gasteiger partial charge is 0.385 e. The van der Waals surface area contributed by atoms with Crippen molar-refractivity contribution in [3.8, 4) is 0 Å². The Morgan fingerprint density at radius 3 is 2.83 bits per heavy atom. The molecule has 3 aromatic rings. The number of nitrogens with one attached hydrogen (secondary N) is 1. The third kappa shape index (κ3) is 3.77. The van der Waals surface area contributed by atoms with Gasteiger partial charge in [0.1, 0.15) is 11.0 Å². The van der Waals surface area contributed by atoms with Crippen molar-refractivity contribution in [3.05, 3.63) is 58.1 Å². The number of carbonyl (C=O) groups excluding carboxylic acids is 1. The second kappa shape index (κ2) is 7.07. The van der Waals surface area contributed by atoms with Gasteiger partial charge in [0, 0.05) is 10.0 Å². The monoisotopic (exact) mass is 364 g/mol. The lowest BCUT2D eigenvalue weighted by atomic mass is 10.1. The molecule has 0 aliphatic heterocycles. The summed E-state index contributed by atoms with van der Waals surface area (Å²) in [6, 6.07) is 12.2. The number of hydrogen-bond acceptors (Lipinski definition) is 4. The van der Waals surface area contributed by atoms with E-state index in [2.05, 4.69) is 15.6 Å². The van der Waals surface area contributed by atoms with E-state index in [-0.39, 0.29) is 18.6 Å². The summed E-state index contributed by atoms with van der Waals surface area (Å²) in [7, 11) is 0. The standard InChI is InChI=1S/C16H14Cl2N4O2/c1-10(11-3-2-4-12(17)7-11)19-16(23)9-24-22-15-8-13(18)5-6-14(15)20-21-22/h2-8,10H,9H2,1H3,(H,19,23). The number of aromatic nitrogens is 3. The minimum absolute atomic E-state index is 0.193. The average molecular weight is 365 g/mol. The molecule has 1 atom stereocenters. The Hall–Kier alpha value is -2.31. The van der Waals surface area contributed by atoms with Gasteiger partial charge in [0.15, 0.2) is 6.61 Å². The van der Waals surface area contributed by atoms with Crippen LogP contribution in [0, 0.1) is 0 Å². The van der Waals surface area contributed by atoms with E-state index >= 15 is 0 Å². The molecule has 1 N–H and O–H groups in total. The normalized spacial score (nSPS) is 12.1. The molecule has 8 heteroatoms. The number of nitrogens with zero attached hydrogens (tertiary/aromatic N) is 3. The van der Waals surface area contributed by atoms with Gasteiger partial charge in [-0.2, -0.15) is 0 Å². The molecule has 2 aromatic carbocycles. The molecular weight excluding hydrogens is 351 g/mol. The molecule has 0 spiro atoms. The fourth-order valence-electron chi connectivity index (χ4n) is 2.23. The zero-order valence-corrected chi connectivity index (χ0v) is 14.3. The lowest BCUT2D eigenvalue weighted by Crippen LogP contribution is -2.33. The predicted molar refractivity (Wildman–Crippen MR) is 92.0 cm³/mol. The fourth-order valence-corrected chi connectivity index (χ4v) is 2.59. The molecule has 0 fully saturated rings. The number of amides is 1. The van der Waals surface area contributed by atoms with Crippen LogP contribution in [0.3, 0.4) is 0 Å². The van der Waals surface area contributed by atoms with Gasteiger partial charge in [0.05, 0.1) is 6.04 Å². The second-order valence-electron chi connectivity index (χ2n) is 5.21. The molecule has 0 bridgehead atoms. The van der Waals surface area contributed by atoms with Gasteiger partial charge in [-0.25, -0.2) is 0 Å². The number of rotatable bonds is 5. The number of fused-ring (bicyclic) bond motifs is 1.